The molecule has 8 nitrogen and oxygen atoms in total. The minimum atomic E-state index is -0.382. The summed E-state index contributed by atoms with van der Waals surface area (Å²) in [4.78, 5) is 48.1. The Balaban J connectivity index is 1.68. The summed E-state index contributed by atoms with van der Waals surface area (Å²) in [6.07, 6.45) is 0. The topological polar surface area (TPSA) is 116 Å². The van der Waals surface area contributed by atoms with Crippen molar-refractivity contribution in [2.45, 2.75) is 27.3 Å². The van der Waals surface area contributed by atoms with E-state index < -0.39 is 0 Å². The lowest BCUT2D eigenvalue weighted by molar-refractivity contribution is -0.115. The van der Waals surface area contributed by atoms with Crippen LogP contribution in [0.3, 0.4) is 0 Å². The smallest absolute Gasteiger partial charge is 0.255 e. The molecule has 0 aromatic heterocycles. The normalized spacial score (nSPS) is 10.2. The predicted octanol–water partition coefficient (Wildman–Crippen LogP) is 4.09. The van der Waals surface area contributed by atoms with E-state index in [1.165, 1.54) is 26.0 Å². The highest BCUT2D eigenvalue weighted by atomic mass is 16.2. The molecule has 8 heteroatoms. The number of hydrogen-bond donors (Lipinski definition) is 4. The lowest BCUT2D eigenvalue weighted by atomic mass is 10.1. The highest BCUT2D eigenvalue weighted by Crippen LogP contribution is 2.20. The molecule has 4 N–H and O–H groups in total. The van der Waals surface area contributed by atoms with Crippen LogP contribution in [0.25, 0.3) is 0 Å². The molecule has 0 aliphatic rings. The summed E-state index contributed by atoms with van der Waals surface area (Å²) in [5.74, 6) is -1.19. The van der Waals surface area contributed by atoms with Gasteiger partial charge >= 0.3 is 0 Å². The molecular weight excluding hydrogens is 432 g/mol. The van der Waals surface area contributed by atoms with Crippen molar-refractivity contribution in [2.24, 2.45) is 0 Å². The molecule has 0 aliphatic heterocycles. The fraction of sp³-hybridized carbons (Fsp3) is 0.154. The highest BCUT2D eigenvalue weighted by Gasteiger charge is 2.11. The molecule has 4 amide bonds. The van der Waals surface area contributed by atoms with Gasteiger partial charge in [0.15, 0.2) is 0 Å². The third-order valence-electron chi connectivity index (χ3n) is 4.79. The van der Waals surface area contributed by atoms with Crippen LogP contribution >= 0.6 is 0 Å². The van der Waals surface area contributed by atoms with Crippen LogP contribution in [0, 0.1) is 6.92 Å². The van der Waals surface area contributed by atoms with Gasteiger partial charge in [0.05, 0.1) is 0 Å². The summed E-state index contributed by atoms with van der Waals surface area (Å²) in [7, 11) is 0. The third kappa shape index (κ3) is 7.03. The van der Waals surface area contributed by atoms with Crippen molar-refractivity contribution in [2.75, 3.05) is 16.0 Å². The molecule has 3 aromatic rings. The first-order valence-corrected chi connectivity index (χ1v) is 10.6. The van der Waals surface area contributed by atoms with Crippen LogP contribution in [0.1, 0.15) is 45.7 Å². The molecule has 0 atom stereocenters. The second kappa shape index (κ2) is 10.9. The minimum absolute atomic E-state index is 0.215. The van der Waals surface area contributed by atoms with E-state index in [1.54, 1.807) is 36.4 Å². The molecule has 0 fully saturated rings. The third-order valence-corrected chi connectivity index (χ3v) is 4.79. The van der Waals surface area contributed by atoms with Crippen LogP contribution in [0.15, 0.2) is 66.7 Å². The van der Waals surface area contributed by atoms with E-state index in [2.05, 4.69) is 21.3 Å². The average Bonchev–Trinajstić information content (AvgIpc) is 2.77. The maximum Gasteiger partial charge on any atom is 0.255 e. The molecule has 0 radical (unpaired) electrons. The number of carbonyl (C=O) groups excluding carboxylic acids is 4. The van der Waals surface area contributed by atoms with Crippen molar-refractivity contribution in [3.8, 4) is 0 Å². The lowest BCUT2D eigenvalue weighted by Gasteiger charge is -2.12. The van der Waals surface area contributed by atoms with Gasteiger partial charge in [0.2, 0.25) is 11.8 Å². The minimum Gasteiger partial charge on any atom is -0.348 e. The molecular formula is C26H26N4O4. The van der Waals surface area contributed by atoms with E-state index in [4.69, 9.17) is 0 Å². The van der Waals surface area contributed by atoms with Crippen LogP contribution in [0.5, 0.6) is 0 Å². The van der Waals surface area contributed by atoms with Gasteiger partial charge in [-0.3, -0.25) is 19.2 Å². The Kier molecular flexibility index (Phi) is 7.76. The van der Waals surface area contributed by atoms with Gasteiger partial charge in [0.1, 0.15) is 0 Å². The van der Waals surface area contributed by atoms with E-state index >= 15 is 0 Å². The molecule has 0 unspecified atom stereocenters. The van der Waals surface area contributed by atoms with Crippen molar-refractivity contribution in [1.29, 1.82) is 0 Å². The number of aryl methyl sites for hydroxylation is 1. The molecule has 0 saturated heterocycles. The molecule has 0 aliphatic carbocycles. The Morgan fingerprint density at radius 2 is 1.26 bits per heavy atom. The standard InChI is InChI=1S/C26H26N4O4/c1-16-7-9-20(10-8-16)26(34)30-22-6-4-5-19(11-22)15-27-25(33)21-12-23(28-17(2)31)14-24(13-21)29-18(3)32/h4-14H,15H2,1-3H3,(H,27,33)(H,28,31)(H,29,32)(H,30,34). The maximum absolute atomic E-state index is 12.8. The van der Waals surface area contributed by atoms with Crippen molar-refractivity contribution >= 4 is 40.7 Å². The Labute approximate surface area is 197 Å². The quantitative estimate of drug-likeness (QED) is 0.427. The Hall–Kier alpha value is -4.46. The second-order valence-electron chi connectivity index (χ2n) is 7.86. The van der Waals surface area contributed by atoms with Crippen LogP contribution in [0.4, 0.5) is 17.1 Å². The zero-order chi connectivity index (χ0) is 24.7. The van der Waals surface area contributed by atoms with Gasteiger partial charge in [0.25, 0.3) is 11.8 Å². The van der Waals surface area contributed by atoms with Gasteiger partial charge in [-0.05, 0) is 55.0 Å². The van der Waals surface area contributed by atoms with Crippen molar-refractivity contribution in [1.82, 2.24) is 5.32 Å². The first kappa shape index (κ1) is 24.2. The van der Waals surface area contributed by atoms with Crippen LogP contribution < -0.4 is 21.3 Å². The largest absolute Gasteiger partial charge is 0.348 e. The number of benzene rings is 3. The van der Waals surface area contributed by atoms with Gasteiger partial charge in [-0.25, -0.2) is 0 Å². The van der Waals surface area contributed by atoms with E-state index in [9.17, 15) is 19.2 Å². The molecule has 3 aromatic carbocycles. The Bertz CT molecular complexity index is 1200. The summed E-state index contributed by atoms with van der Waals surface area (Å²) in [5, 5.41) is 10.9. The van der Waals surface area contributed by atoms with Gasteiger partial charge in [-0.1, -0.05) is 29.8 Å². The van der Waals surface area contributed by atoms with Gasteiger partial charge in [0, 0.05) is 48.6 Å². The predicted molar refractivity (Wildman–Crippen MR) is 132 cm³/mol. The number of carbonyl (C=O) groups is 4. The number of hydrogen-bond acceptors (Lipinski definition) is 4. The van der Waals surface area contributed by atoms with E-state index in [1.807, 2.05) is 25.1 Å². The Morgan fingerprint density at radius 1 is 0.647 bits per heavy atom. The number of rotatable bonds is 7. The summed E-state index contributed by atoms with van der Waals surface area (Å²) >= 11 is 0. The second-order valence-corrected chi connectivity index (χ2v) is 7.86. The zero-order valence-electron chi connectivity index (χ0n) is 19.2. The van der Waals surface area contributed by atoms with Crippen molar-refractivity contribution in [3.63, 3.8) is 0 Å². The van der Waals surface area contributed by atoms with Crippen molar-refractivity contribution in [3.05, 3.63) is 89.0 Å². The molecule has 174 valence electrons. The summed E-state index contributed by atoms with van der Waals surface area (Å²) < 4.78 is 0. The van der Waals surface area contributed by atoms with E-state index in [0.717, 1.165) is 11.1 Å². The number of anilines is 3. The van der Waals surface area contributed by atoms with Crippen LogP contribution in [-0.2, 0) is 16.1 Å². The number of amides is 4. The monoisotopic (exact) mass is 458 g/mol. The van der Waals surface area contributed by atoms with Crippen LogP contribution in [0.2, 0.25) is 0 Å². The van der Waals surface area contributed by atoms with E-state index in [0.29, 0.717) is 22.6 Å². The summed E-state index contributed by atoms with van der Waals surface area (Å²) in [5.41, 5.74) is 4.08. The SMILES string of the molecule is CC(=O)Nc1cc(NC(C)=O)cc(C(=O)NCc2cccc(NC(=O)c3ccc(C)cc3)c2)c1. The molecule has 0 spiro atoms. The molecule has 3 rings (SSSR count). The van der Waals surface area contributed by atoms with Crippen LogP contribution in [-0.4, -0.2) is 23.6 Å². The molecule has 34 heavy (non-hydrogen) atoms. The Morgan fingerprint density at radius 3 is 1.85 bits per heavy atom. The van der Waals surface area contributed by atoms with Gasteiger partial charge in [-0.2, -0.15) is 0 Å². The molecule has 0 heterocycles. The zero-order valence-corrected chi connectivity index (χ0v) is 19.2. The summed E-state index contributed by atoms with van der Waals surface area (Å²) in [6, 6.07) is 19.1. The first-order chi connectivity index (χ1) is 16.2. The van der Waals surface area contributed by atoms with Gasteiger partial charge in [-0.15, -0.1) is 0 Å². The maximum atomic E-state index is 12.8. The van der Waals surface area contributed by atoms with E-state index in [-0.39, 0.29) is 35.7 Å². The fourth-order valence-electron chi connectivity index (χ4n) is 3.26. The first-order valence-electron chi connectivity index (χ1n) is 10.6. The number of nitrogens with one attached hydrogen (secondary N) is 4. The van der Waals surface area contributed by atoms with Gasteiger partial charge < -0.3 is 21.3 Å². The fourth-order valence-corrected chi connectivity index (χ4v) is 3.26. The van der Waals surface area contributed by atoms with Crippen molar-refractivity contribution < 1.29 is 19.2 Å². The molecule has 0 bridgehead atoms. The molecule has 0 saturated carbocycles. The average molecular weight is 459 g/mol. The lowest BCUT2D eigenvalue weighted by Crippen LogP contribution is -2.23. The highest BCUT2D eigenvalue weighted by molar-refractivity contribution is 6.04. The summed E-state index contributed by atoms with van der Waals surface area (Å²) in [6.45, 7) is 4.88.